The number of amides is 2. The van der Waals surface area contributed by atoms with Crippen molar-refractivity contribution in [2.75, 3.05) is 17.4 Å². The molecule has 214 valence electrons. The van der Waals surface area contributed by atoms with Gasteiger partial charge in [0, 0.05) is 13.1 Å². The lowest BCUT2D eigenvalue weighted by Crippen LogP contribution is -2.52. The SMILES string of the molecule is CCNC(=O)C(CC)N(Cc1ccc(Cl)c(Cl)c1)C(=O)CN(c1ccc(C(C)C)cc1)S(=O)(=O)c1ccccc1. The van der Waals surface area contributed by atoms with Gasteiger partial charge < -0.3 is 10.2 Å². The highest BCUT2D eigenvalue weighted by atomic mass is 35.5. The molecule has 3 aromatic rings. The molecule has 1 N–H and O–H groups in total. The van der Waals surface area contributed by atoms with Gasteiger partial charge in [0.1, 0.15) is 12.6 Å². The van der Waals surface area contributed by atoms with E-state index in [-0.39, 0.29) is 23.3 Å². The van der Waals surface area contributed by atoms with Gasteiger partial charge in [-0.25, -0.2) is 8.42 Å². The van der Waals surface area contributed by atoms with Crippen LogP contribution in [-0.2, 0) is 26.2 Å². The van der Waals surface area contributed by atoms with Crippen LogP contribution >= 0.6 is 23.2 Å². The highest BCUT2D eigenvalue weighted by molar-refractivity contribution is 7.92. The number of hydrogen-bond donors (Lipinski definition) is 1. The van der Waals surface area contributed by atoms with Gasteiger partial charge in [0.05, 0.1) is 20.6 Å². The third-order valence-electron chi connectivity index (χ3n) is 6.53. The molecular formula is C30H35Cl2N3O4S. The van der Waals surface area contributed by atoms with Crippen molar-refractivity contribution in [2.24, 2.45) is 0 Å². The summed E-state index contributed by atoms with van der Waals surface area (Å²) in [5, 5.41) is 3.46. The van der Waals surface area contributed by atoms with E-state index in [2.05, 4.69) is 5.32 Å². The van der Waals surface area contributed by atoms with Gasteiger partial charge in [-0.1, -0.05) is 80.4 Å². The van der Waals surface area contributed by atoms with Gasteiger partial charge in [-0.3, -0.25) is 13.9 Å². The van der Waals surface area contributed by atoms with Crippen molar-refractivity contribution in [3.05, 3.63) is 94.0 Å². The van der Waals surface area contributed by atoms with Crippen molar-refractivity contribution < 1.29 is 18.0 Å². The molecular weight excluding hydrogens is 569 g/mol. The fraction of sp³-hybridized carbons (Fsp3) is 0.333. The van der Waals surface area contributed by atoms with Crippen LogP contribution in [0.4, 0.5) is 5.69 Å². The summed E-state index contributed by atoms with van der Waals surface area (Å²) < 4.78 is 28.8. The minimum Gasteiger partial charge on any atom is -0.355 e. The summed E-state index contributed by atoms with van der Waals surface area (Å²) in [5.74, 6) is -0.604. The molecule has 0 aliphatic rings. The molecule has 0 saturated heterocycles. The largest absolute Gasteiger partial charge is 0.355 e. The second kappa shape index (κ2) is 14.0. The van der Waals surface area contributed by atoms with Gasteiger partial charge >= 0.3 is 0 Å². The summed E-state index contributed by atoms with van der Waals surface area (Å²) in [6.07, 6.45) is 0.327. The first-order valence-electron chi connectivity index (χ1n) is 13.2. The summed E-state index contributed by atoms with van der Waals surface area (Å²) >= 11 is 12.3. The number of benzene rings is 3. The third kappa shape index (κ3) is 7.56. The average molecular weight is 605 g/mol. The number of carbonyl (C=O) groups excluding carboxylic acids is 2. The maximum atomic E-state index is 14.0. The minimum atomic E-state index is -4.12. The Morgan fingerprint density at radius 3 is 2.10 bits per heavy atom. The molecule has 3 rings (SSSR count). The summed E-state index contributed by atoms with van der Waals surface area (Å²) in [4.78, 5) is 28.5. The number of anilines is 1. The van der Waals surface area contributed by atoms with Gasteiger partial charge in [0.25, 0.3) is 10.0 Å². The number of hydrogen-bond acceptors (Lipinski definition) is 4. The van der Waals surface area contributed by atoms with Gasteiger partial charge in [0.15, 0.2) is 0 Å². The second-order valence-electron chi connectivity index (χ2n) is 9.66. The van der Waals surface area contributed by atoms with Crippen LogP contribution in [0.15, 0.2) is 77.7 Å². The summed E-state index contributed by atoms with van der Waals surface area (Å²) in [6.45, 7) is 7.62. The van der Waals surface area contributed by atoms with Crippen molar-refractivity contribution >= 4 is 50.7 Å². The van der Waals surface area contributed by atoms with E-state index < -0.39 is 28.5 Å². The molecule has 10 heteroatoms. The van der Waals surface area contributed by atoms with E-state index in [9.17, 15) is 18.0 Å². The molecule has 0 aliphatic carbocycles. The van der Waals surface area contributed by atoms with Gasteiger partial charge in [-0.05, 0) is 66.8 Å². The lowest BCUT2D eigenvalue weighted by atomic mass is 10.0. The maximum Gasteiger partial charge on any atom is 0.264 e. The summed E-state index contributed by atoms with van der Waals surface area (Å²) in [7, 11) is -4.12. The molecule has 1 unspecified atom stereocenters. The van der Waals surface area contributed by atoms with Crippen LogP contribution in [-0.4, -0.2) is 44.3 Å². The Balaban J connectivity index is 2.07. The van der Waals surface area contributed by atoms with E-state index in [0.29, 0.717) is 34.3 Å². The molecule has 0 aromatic heterocycles. The van der Waals surface area contributed by atoms with E-state index in [0.717, 1.165) is 9.87 Å². The van der Waals surface area contributed by atoms with Crippen LogP contribution in [0.1, 0.15) is 51.2 Å². The van der Waals surface area contributed by atoms with E-state index in [1.807, 2.05) is 26.0 Å². The zero-order valence-electron chi connectivity index (χ0n) is 23.1. The number of nitrogens with one attached hydrogen (secondary N) is 1. The predicted octanol–water partition coefficient (Wildman–Crippen LogP) is 6.26. The molecule has 0 fully saturated rings. The Morgan fingerprint density at radius 2 is 1.55 bits per heavy atom. The Bertz CT molecular complexity index is 1410. The van der Waals surface area contributed by atoms with Crippen LogP contribution in [0, 0.1) is 0 Å². The highest BCUT2D eigenvalue weighted by Gasteiger charge is 2.33. The van der Waals surface area contributed by atoms with Crippen LogP contribution in [0.2, 0.25) is 10.0 Å². The van der Waals surface area contributed by atoms with Gasteiger partial charge in [0.2, 0.25) is 11.8 Å². The Morgan fingerprint density at radius 1 is 0.900 bits per heavy atom. The lowest BCUT2D eigenvalue weighted by molar-refractivity contribution is -0.140. The van der Waals surface area contributed by atoms with Gasteiger partial charge in [-0.2, -0.15) is 0 Å². The van der Waals surface area contributed by atoms with Crippen LogP contribution in [0.25, 0.3) is 0 Å². The number of rotatable bonds is 12. The van der Waals surface area contributed by atoms with Crippen molar-refractivity contribution in [3.63, 3.8) is 0 Å². The standard InChI is InChI=1S/C30H35Cl2N3O4S/c1-5-28(30(37)33-6-2)34(19-22-12-17-26(31)27(32)18-22)29(36)20-35(24-15-13-23(14-16-24)21(3)4)40(38,39)25-10-8-7-9-11-25/h7-18,21,28H,5-6,19-20H2,1-4H3,(H,33,37). The Hall–Kier alpha value is -3.07. The summed E-state index contributed by atoms with van der Waals surface area (Å²) in [6, 6.07) is 19.2. The maximum absolute atomic E-state index is 14.0. The van der Waals surface area contributed by atoms with E-state index in [1.54, 1.807) is 62.4 Å². The van der Waals surface area contributed by atoms with Crippen LogP contribution in [0.3, 0.4) is 0 Å². The fourth-order valence-corrected chi connectivity index (χ4v) is 6.08. The van der Waals surface area contributed by atoms with Crippen molar-refractivity contribution in [1.82, 2.24) is 10.2 Å². The zero-order valence-corrected chi connectivity index (χ0v) is 25.4. The van der Waals surface area contributed by atoms with Crippen molar-refractivity contribution in [3.8, 4) is 0 Å². The molecule has 0 radical (unpaired) electrons. The van der Waals surface area contributed by atoms with Crippen molar-refractivity contribution in [2.45, 2.75) is 57.5 Å². The predicted molar refractivity (Wildman–Crippen MR) is 161 cm³/mol. The fourth-order valence-electron chi connectivity index (χ4n) is 4.32. The van der Waals surface area contributed by atoms with E-state index >= 15 is 0 Å². The quantitative estimate of drug-likeness (QED) is 0.265. The average Bonchev–Trinajstić information content (AvgIpc) is 2.94. The zero-order chi connectivity index (χ0) is 29.4. The number of carbonyl (C=O) groups is 2. The second-order valence-corrected chi connectivity index (χ2v) is 12.3. The van der Waals surface area contributed by atoms with Crippen LogP contribution in [0.5, 0.6) is 0 Å². The molecule has 1 atom stereocenters. The first kappa shape index (κ1) is 31.5. The number of halogens is 2. The molecule has 3 aromatic carbocycles. The molecule has 7 nitrogen and oxygen atoms in total. The molecule has 0 spiro atoms. The molecule has 0 bridgehead atoms. The number of likely N-dealkylation sites (N-methyl/N-ethyl adjacent to an activating group) is 1. The lowest BCUT2D eigenvalue weighted by Gasteiger charge is -2.33. The minimum absolute atomic E-state index is 0.0386. The van der Waals surface area contributed by atoms with E-state index in [4.69, 9.17) is 23.2 Å². The van der Waals surface area contributed by atoms with E-state index in [1.165, 1.54) is 17.0 Å². The van der Waals surface area contributed by atoms with Crippen molar-refractivity contribution in [1.29, 1.82) is 0 Å². The first-order chi connectivity index (χ1) is 19.0. The molecule has 40 heavy (non-hydrogen) atoms. The molecule has 2 amide bonds. The summed E-state index contributed by atoms with van der Waals surface area (Å²) in [5.41, 5.74) is 2.04. The Labute approximate surface area is 247 Å². The normalized spacial score (nSPS) is 12.2. The Kier molecular flexibility index (Phi) is 11.0. The third-order valence-corrected chi connectivity index (χ3v) is 9.06. The highest BCUT2D eigenvalue weighted by Crippen LogP contribution is 2.28. The smallest absolute Gasteiger partial charge is 0.264 e. The molecule has 0 saturated carbocycles. The monoisotopic (exact) mass is 603 g/mol. The molecule has 0 heterocycles. The number of sulfonamides is 1. The first-order valence-corrected chi connectivity index (χ1v) is 15.4. The van der Waals surface area contributed by atoms with Crippen LogP contribution < -0.4 is 9.62 Å². The topological polar surface area (TPSA) is 86.8 Å². The number of nitrogens with zero attached hydrogens (tertiary/aromatic N) is 2. The molecule has 0 aliphatic heterocycles. The van der Waals surface area contributed by atoms with Gasteiger partial charge in [-0.15, -0.1) is 0 Å².